The summed E-state index contributed by atoms with van der Waals surface area (Å²) in [5, 5.41) is 2.88. The van der Waals surface area contributed by atoms with E-state index in [4.69, 9.17) is 0 Å². The molecule has 1 unspecified atom stereocenters. The molecule has 3 aromatic rings. The molecule has 2 aromatic heterocycles. The third kappa shape index (κ3) is 2.27. The zero-order chi connectivity index (χ0) is 13.9. The molecular formula is C14H15N5O. The van der Waals surface area contributed by atoms with Crippen LogP contribution in [-0.4, -0.2) is 25.4 Å². The second-order valence-corrected chi connectivity index (χ2v) is 4.61. The lowest BCUT2D eigenvalue weighted by molar-refractivity contribution is -0.123. The molecule has 0 aliphatic heterocycles. The highest BCUT2D eigenvalue weighted by atomic mass is 16.2. The average molecular weight is 269 g/mol. The number of H-pyrrole nitrogens is 1. The summed E-state index contributed by atoms with van der Waals surface area (Å²) in [7, 11) is 0. The fourth-order valence-corrected chi connectivity index (χ4v) is 2.12. The van der Waals surface area contributed by atoms with Crippen LogP contribution in [0.15, 0.2) is 43.1 Å². The number of aromatic amines is 1. The second-order valence-electron chi connectivity index (χ2n) is 4.61. The molecule has 0 saturated heterocycles. The molecule has 0 spiro atoms. The van der Waals surface area contributed by atoms with Gasteiger partial charge in [-0.2, -0.15) is 0 Å². The van der Waals surface area contributed by atoms with Crippen LogP contribution in [0.1, 0.15) is 18.7 Å². The van der Waals surface area contributed by atoms with Gasteiger partial charge in [0.15, 0.2) is 0 Å². The molecular weight excluding hydrogens is 254 g/mol. The van der Waals surface area contributed by atoms with Gasteiger partial charge in [0.25, 0.3) is 0 Å². The highest BCUT2D eigenvalue weighted by molar-refractivity contribution is 5.83. The van der Waals surface area contributed by atoms with E-state index in [-0.39, 0.29) is 11.9 Å². The number of hydrogen-bond acceptors (Lipinski definition) is 3. The highest BCUT2D eigenvalue weighted by Crippen LogP contribution is 2.17. The number of nitrogens with zero attached hydrogens (tertiary/aromatic N) is 3. The standard InChI is InChI=1S/C14H15N5O/c1-10(14(20)16-7-11-6-15-8-17-11)19-9-18-12-4-2-3-5-13(12)19/h2-6,8-10H,7H2,1H3,(H,15,17)(H,16,20). The SMILES string of the molecule is CC(C(=O)NCc1cnc[nH]1)n1cnc2ccccc21. The quantitative estimate of drug-likeness (QED) is 0.756. The van der Waals surface area contributed by atoms with Crippen molar-refractivity contribution in [3.63, 3.8) is 0 Å². The number of fused-ring (bicyclic) bond motifs is 1. The maximum atomic E-state index is 12.2. The van der Waals surface area contributed by atoms with E-state index in [1.54, 1.807) is 18.9 Å². The van der Waals surface area contributed by atoms with E-state index in [0.717, 1.165) is 16.7 Å². The maximum absolute atomic E-state index is 12.2. The van der Waals surface area contributed by atoms with Crippen molar-refractivity contribution in [3.05, 3.63) is 48.8 Å². The minimum atomic E-state index is -0.315. The van der Waals surface area contributed by atoms with Gasteiger partial charge in [0.05, 0.1) is 35.9 Å². The molecule has 0 bridgehead atoms. The Kier molecular flexibility index (Phi) is 3.20. The number of para-hydroxylation sites is 2. The van der Waals surface area contributed by atoms with Crippen molar-refractivity contribution in [2.24, 2.45) is 0 Å². The van der Waals surface area contributed by atoms with Crippen LogP contribution in [0.4, 0.5) is 0 Å². The molecule has 0 radical (unpaired) electrons. The Labute approximate surface area is 115 Å². The van der Waals surface area contributed by atoms with E-state index in [1.165, 1.54) is 0 Å². The molecule has 0 aliphatic rings. The first kappa shape index (κ1) is 12.4. The molecule has 3 rings (SSSR count). The van der Waals surface area contributed by atoms with Crippen LogP contribution in [0.2, 0.25) is 0 Å². The van der Waals surface area contributed by atoms with Gasteiger partial charge in [-0.3, -0.25) is 4.79 Å². The summed E-state index contributed by atoms with van der Waals surface area (Å²) in [4.78, 5) is 23.3. The Morgan fingerprint density at radius 2 is 2.30 bits per heavy atom. The van der Waals surface area contributed by atoms with Crippen molar-refractivity contribution >= 4 is 16.9 Å². The molecule has 1 amide bonds. The molecule has 0 aliphatic carbocycles. The third-order valence-electron chi connectivity index (χ3n) is 3.29. The van der Waals surface area contributed by atoms with Gasteiger partial charge in [-0.1, -0.05) is 12.1 Å². The first-order valence-corrected chi connectivity index (χ1v) is 6.42. The zero-order valence-electron chi connectivity index (χ0n) is 11.1. The Hall–Kier alpha value is -2.63. The Balaban J connectivity index is 1.74. The van der Waals surface area contributed by atoms with E-state index in [1.807, 2.05) is 35.8 Å². The Morgan fingerprint density at radius 1 is 1.45 bits per heavy atom. The molecule has 20 heavy (non-hydrogen) atoms. The van der Waals surface area contributed by atoms with E-state index in [9.17, 15) is 4.79 Å². The molecule has 1 aromatic carbocycles. The first-order chi connectivity index (χ1) is 9.75. The van der Waals surface area contributed by atoms with Crippen LogP contribution in [-0.2, 0) is 11.3 Å². The summed E-state index contributed by atoms with van der Waals surface area (Å²) < 4.78 is 1.87. The highest BCUT2D eigenvalue weighted by Gasteiger charge is 2.16. The topological polar surface area (TPSA) is 75.6 Å². The van der Waals surface area contributed by atoms with Crippen LogP contribution in [0.5, 0.6) is 0 Å². The third-order valence-corrected chi connectivity index (χ3v) is 3.29. The summed E-state index contributed by atoms with van der Waals surface area (Å²) in [6.45, 7) is 2.30. The van der Waals surface area contributed by atoms with Gasteiger partial charge in [-0.05, 0) is 19.1 Å². The number of amides is 1. The number of carbonyl (C=O) groups is 1. The van der Waals surface area contributed by atoms with E-state index in [2.05, 4.69) is 20.3 Å². The lowest BCUT2D eigenvalue weighted by Crippen LogP contribution is -2.30. The van der Waals surface area contributed by atoms with E-state index >= 15 is 0 Å². The molecule has 1 atom stereocenters. The van der Waals surface area contributed by atoms with E-state index in [0.29, 0.717) is 6.54 Å². The molecule has 2 heterocycles. The molecule has 0 fully saturated rings. The summed E-state index contributed by atoms with van der Waals surface area (Å²) >= 11 is 0. The number of nitrogens with one attached hydrogen (secondary N) is 2. The monoisotopic (exact) mass is 269 g/mol. The molecule has 102 valence electrons. The lowest BCUT2D eigenvalue weighted by atomic mass is 10.2. The fourth-order valence-electron chi connectivity index (χ4n) is 2.12. The number of hydrogen-bond donors (Lipinski definition) is 2. The second kappa shape index (κ2) is 5.16. The van der Waals surface area contributed by atoms with Crippen molar-refractivity contribution in [2.75, 3.05) is 0 Å². The lowest BCUT2D eigenvalue weighted by Gasteiger charge is -2.14. The van der Waals surface area contributed by atoms with Crippen LogP contribution in [0, 0.1) is 0 Å². The van der Waals surface area contributed by atoms with Gasteiger partial charge >= 0.3 is 0 Å². The van der Waals surface area contributed by atoms with Crippen molar-refractivity contribution in [1.29, 1.82) is 0 Å². The first-order valence-electron chi connectivity index (χ1n) is 6.42. The summed E-state index contributed by atoms with van der Waals surface area (Å²) in [5.74, 6) is -0.0530. The Morgan fingerprint density at radius 3 is 3.10 bits per heavy atom. The largest absolute Gasteiger partial charge is 0.349 e. The summed E-state index contributed by atoms with van der Waals surface area (Å²) in [6, 6.07) is 7.45. The Bertz CT molecular complexity index is 716. The van der Waals surface area contributed by atoms with Gasteiger partial charge in [-0.25, -0.2) is 9.97 Å². The van der Waals surface area contributed by atoms with E-state index < -0.39 is 0 Å². The van der Waals surface area contributed by atoms with Gasteiger partial charge in [-0.15, -0.1) is 0 Å². The van der Waals surface area contributed by atoms with Gasteiger partial charge in [0.1, 0.15) is 6.04 Å². The minimum Gasteiger partial charge on any atom is -0.349 e. The number of imidazole rings is 2. The van der Waals surface area contributed by atoms with Crippen LogP contribution >= 0.6 is 0 Å². The van der Waals surface area contributed by atoms with Crippen LogP contribution < -0.4 is 5.32 Å². The molecule has 0 saturated carbocycles. The molecule has 6 nitrogen and oxygen atoms in total. The predicted molar refractivity (Wildman–Crippen MR) is 74.9 cm³/mol. The molecule has 2 N–H and O–H groups in total. The minimum absolute atomic E-state index is 0.0530. The summed E-state index contributed by atoms with van der Waals surface area (Å²) in [6.07, 6.45) is 4.98. The fraction of sp³-hybridized carbons (Fsp3) is 0.214. The van der Waals surface area contributed by atoms with Crippen LogP contribution in [0.3, 0.4) is 0 Å². The van der Waals surface area contributed by atoms with Gasteiger partial charge < -0.3 is 14.9 Å². The zero-order valence-corrected chi connectivity index (χ0v) is 11.1. The number of rotatable bonds is 4. The maximum Gasteiger partial charge on any atom is 0.243 e. The van der Waals surface area contributed by atoms with Crippen molar-refractivity contribution < 1.29 is 4.79 Å². The van der Waals surface area contributed by atoms with Crippen molar-refractivity contribution in [1.82, 2.24) is 24.8 Å². The number of aromatic nitrogens is 4. The number of carbonyl (C=O) groups excluding carboxylic acids is 1. The average Bonchev–Trinajstić information content (AvgIpc) is 3.13. The van der Waals surface area contributed by atoms with Gasteiger partial charge in [0.2, 0.25) is 5.91 Å². The molecule has 6 heteroatoms. The van der Waals surface area contributed by atoms with Crippen LogP contribution in [0.25, 0.3) is 11.0 Å². The number of benzene rings is 1. The van der Waals surface area contributed by atoms with Crippen molar-refractivity contribution in [3.8, 4) is 0 Å². The predicted octanol–water partition coefficient (Wildman–Crippen LogP) is 1.64. The van der Waals surface area contributed by atoms with Crippen molar-refractivity contribution in [2.45, 2.75) is 19.5 Å². The normalized spacial score (nSPS) is 12.4. The summed E-state index contributed by atoms with van der Waals surface area (Å²) in [5.41, 5.74) is 2.72. The van der Waals surface area contributed by atoms with Gasteiger partial charge in [0, 0.05) is 6.20 Å². The smallest absolute Gasteiger partial charge is 0.243 e.